The highest BCUT2D eigenvalue weighted by Crippen LogP contribution is 2.32. The summed E-state index contributed by atoms with van der Waals surface area (Å²) in [6.45, 7) is 4.00. The number of fused-ring (bicyclic) bond motifs is 1. The molecule has 1 atom stereocenters. The van der Waals surface area contributed by atoms with Crippen LogP contribution < -0.4 is 0 Å². The first-order chi connectivity index (χ1) is 5.88. The zero-order valence-electron chi connectivity index (χ0n) is 7.71. The number of aryl methyl sites for hydroxylation is 1. The fourth-order valence-electron chi connectivity index (χ4n) is 1.46. The molecule has 1 aromatic heterocycles. The summed E-state index contributed by atoms with van der Waals surface area (Å²) in [5.74, 6) is 0. The molecule has 0 amide bonds. The molecule has 0 aliphatic heterocycles. The lowest BCUT2D eigenvalue weighted by Gasteiger charge is -2.16. The van der Waals surface area contributed by atoms with Crippen molar-refractivity contribution in [1.29, 1.82) is 0 Å². The summed E-state index contributed by atoms with van der Waals surface area (Å²) >= 11 is 1.77. The molecule has 0 saturated carbocycles. The van der Waals surface area contributed by atoms with Gasteiger partial charge in [-0.1, -0.05) is 13.8 Å². The molecule has 2 heteroatoms. The van der Waals surface area contributed by atoms with Gasteiger partial charge >= 0.3 is 0 Å². The maximum Gasteiger partial charge on any atom is 0.0800 e. The molecule has 68 valence electrons. The maximum atomic E-state index is 9.46. The van der Waals surface area contributed by atoms with Gasteiger partial charge in [-0.2, -0.15) is 0 Å². The van der Waals surface area contributed by atoms with Crippen molar-refractivity contribution in [3.63, 3.8) is 0 Å². The van der Waals surface area contributed by atoms with Crippen LogP contribution in [0.2, 0.25) is 0 Å². The van der Waals surface area contributed by atoms with Crippen molar-refractivity contribution in [2.45, 2.75) is 39.2 Å². The summed E-state index contributed by atoms with van der Waals surface area (Å²) in [6.07, 6.45) is 3.10. The average Bonchev–Trinajstić information content (AvgIpc) is 2.57. The van der Waals surface area contributed by atoms with Crippen molar-refractivity contribution in [1.82, 2.24) is 0 Å². The standard InChI is InChI=1S/C8H10OS.C2H6/c9-7-2-1-3-8-6(7)4-5-10-8;1-2/h4-5,7,9H,1-3H2;1-2H3. The van der Waals surface area contributed by atoms with Gasteiger partial charge in [0.15, 0.2) is 0 Å². The summed E-state index contributed by atoms with van der Waals surface area (Å²) < 4.78 is 0. The fourth-order valence-corrected chi connectivity index (χ4v) is 2.44. The molecule has 1 unspecified atom stereocenters. The topological polar surface area (TPSA) is 20.2 Å². The van der Waals surface area contributed by atoms with Crippen molar-refractivity contribution in [2.75, 3.05) is 0 Å². The molecule has 0 spiro atoms. The molecular formula is C10H16OS. The Morgan fingerprint density at radius 1 is 1.50 bits per heavy atom. The van der Waals surface area contributed by atoms with Crippen LogP contribution in [0.3, 0.4) is 0 Å². The van der Waals surface area contributed by atoms with Crippen molar-refractivity contribution in [3.8, 4) is 0 Å². The fraction of sp³-hybridized carbons (Fsp3) is 0.600. The monoisotopic (exact) mass is 184 g/mol. The van der Waals surface area contributed by atoms with Crippen LogP contribution in [0, 0.1) is 0 Å². The molecule has 2 rings (SSSR count). The lowest BCUT2D eigenvalue weighted by molar-refractivity contribution is 0.157. The van der Waals surface area contributed by atoms with Gasteiger partial charge in [0.2, 0.25) is 0 Å². The van der Waals surface area contributed by atoms with E-state index in [-0.39, 0.29) is 6.10 Å². The molecule has 1 heterocycles. The maximum absolute atomic E-state index is 9.46. The Morgan fingerprint density at radius 3 is 2.92 bits per heavy atom. The summed E-state index contributed by atoms with van der Waals surface area (Å²) in [6, 6.07) is 2.05. The van der Waals surface area contributed by atoms with E-state index in [4.69, 9.17) is 0 Å². The molecule has 1 nitrogen and oxygen atoms in total. The molecule has 0 bridgehead atoms. The van der Waals surface area contributed by atoms with Gasteiger partial charge in [-0.15, -0.1) is 11.3 Å². The predicted molar refractivity (Wildman–Crippen MR) is 53.6 cm³/mol. The molecule has 1 aromatic rings. The molecular weight excluding hydrogens is 168 g/mol. The Morgan fingerprint density at radius 2 is 2.25 bits per heavy atom. The third kappa shape index (κ3) is 1.87. The number of aliphatic hydroxyl groups is 1. The summed E-state index contributed by atoms with van der Waals surface area (Å²) in [7, 11) is 0. The highest BCUT2D eigenvalue weighted by molar-refractivity contribution is 7.10. The van der Waals surface area contributed by atoms with Gasteiger partial charge < -0.3 is 5.11 Å². The van der Waals surface area contributed by atoms with Crippen LogP contribution in [0.15, 0.2) is 11.4 Å². The van der Waals surface area contributed by atoms with Gasteiger partial charge in [0.25, 0.3) is 0 Å². The second kappa shape index (κ2) is 4.63. The first-order valence-electron chi connectivity index (χ1n) is 4.62. The molecule has 0 fully saturated rings. The normalized spacial score (nSPS) is 20.8. The van der Waals surface area contributed by atoms with Gasteiger partial charge in [-0.25, -0.2) is 0 Å². The molecule has 1 N–H and O–H groups in total. The van der Waals surface area contributed by atoms with E-state index in [1.807, 2.05) is 19.9 Å². The quantitative estimate of drug-likeness (QED) is 0.656. The van der Waals surface area contributed by atoms with Crippen LogP contribution in [0.4, 0.5) is 0 Å². The van der Waals surface area contributed by atoms with E-state index >= 15 is 0 Å². The van der Waals surface area contributed by atoms with Crippen molar-refractivity contribution in [3.05, 3.63) is 21.9 Å². The summed E-state index contributed by atoms with van der Waals surface area (Å²) in [5, 5.41) is 11.5. The van der Waals surface area contributed by atoms with Gasteiger partial charge in [-0.05, 0) is 36.3 Å². The van der Waals surface area contributed by atoms with E-state index in [9.17, 15) is 5.11 Å². The van der Waals surface area contributed by atoms with E-state index in [1.165, 1.54) is 16.9 Å². The first kappa shape index (κ1) is 9.75. The largest absolute Gasteiger partial charge is 0.388 e. The van der Waals surface area contributed by atoms with E-state index in [0.29, 0.717) is 0 Å². The highest BCUT2D eigenvalue weighted by atomic mass is 32.1. The molecule has 0 aromatic carbocycles. The van der Waals surface area contributed by atoms with Crippen molar-refractivity contribution in [2.24, 2.45) is 0 Å². The minimum atomic E-state index is -0.171. The average molecular weight is 184 g/mol. The number of aliphatic hydroxyl groups excluding tert-OH is 1. The smallest absolute Gasteiger partial charge is 0.0800 e. The third-order valence-electron chi connectivity index (χ3n) is 2.02. The van der Waals surface area contributed by atoms with Gasteiger partial charge in [0.05, 0.1) is 6.10 Å². The molecule has 12 heavy (non-hydrogen) atoms. The third-order valence-corrected chi connectivity index (χ3v) is 3.02. The SMILES string of the molecule is CC.OC1CCCc2sccc21. The highest BCUT2D eigenvalue weighted by Gasteiger charge is 2.17. The lowest BCUT2D eigenvalue weighted by Crippen LogP contribution is -2.05. The number of thiophene rings is 1. The first-order valence-corrected chi connectivity index (χ1v) is 5.50. The van der Waals surface area contributed by atoms with Crippen LogP contribution in [-0.2, 0) is 6.42 Å². The number of hydrogen-bond acceptors (Lipinski definition) is 2. The summed E-state index contributed by atoms with van der Waals surface area (Å²) in [4.78, 5) is 1.39. The van der Waals surface area contributed by atoms with Crippen LogP contribution in [0.1, 0.15) is 43.2 Å². The predicted octanol–water partition coefficient (Wildman–Crippen LogP) is 3.14. The van der Waals surface area contributed by atoms with E-state index in [2.05, 4.69) is 5.38 Å². The second-order valence-corrected chi connectivity index (χ2v) is 3.71. The summed E-state index contributed by atoms with van der Waals surface area (Å²) in [5.41, 5.74) is 1.18. The van der Waals surface area contributed by atoms with E-state index < -0.39 is 0 Å². The Kier molecular flexibility index (Phi) is 3.76. The minimum Gasteiger partial charge on any atom is -0.388 e. The van der Waals surface area contributed by atoms with Crippen molar-refractivity contribution < 1.29 is 5.11 Å². The number of hydrogen-bond donors (Lipinski definition) is 1. The Bertz CT molecular complexity index is 229. The second-order valence-electron chi connectivity index (χ2n) is 2.71. The molecule has 1 aliphatic carbocycles. The zero-order chi connectivity index (χ0) is 8.97. The molecule has 1 aliphatic rings. The van der Waals surface area contributed by atoms with Crippen LogP contribution in [0.5, 0.6) is 0 Å². The van der Waals surface area contributed by atoms with Gasteiger partial charge in [0.1, 0.15) is 0 Å². The van der Waals surface area contributed by atoms with E-state index in [0.717, 1.165) is 12.8 Å². The van der Waals surface area contributed by atoms with Crippen LogP contribution in [-0.4, -0.2) is 5.11 Å². The Hall–Kier alpha value is -0.340. The Labute approximate surface area is 78.1 Å². The van der Waals surface area contributed by atoms with Crippen molar-refractivity contribution >= 4 is 11.3 Å². The molecule has 0 radical (unpaired) electrons. The number of rotatable bonds is 0. The van der Waals surface area contributed by atoms with Gasteiger partial charge in [-0.3, -0.25) is 0 Å². The zero-order valence-corrected chi connectivity index (χ0v) is 8.53. The Balaban J connectivity index is 0.000000336. The lowest BCUT2D eigenvalue weighted by atomic mass is 9.97. The van der Waals surface area contributed by atoms with E-state index in [1.54, 1.807) is 11.3 Å². The van der Waals surface area contributed by atoms with Gasteiger partial charge in [0, 0.05) is 4.88 Å². The minimum absolute atomic E-state index is 0.171. The van der Waals surface area contributed by atoms with Crippen LogP contribution >= 0.6 is 11.3 Å². The molecule has 0 saturated heterocycles. The van der Waals surface area contributed by atoms with Crippen LogP contribution in [0.25, 0.3) is 0 Å².